The lowest BCUT2D eigenvalue weighted by Gasteiger charge is -2.07. The number of nitrogens with zero attached hydrogens (tertiary/aromatic N) is 2. The summed E-state index contributed by atoms with van der Waals surface area (Å²) in [5.74, 6) is 0.272. The van der Waals surface area contributed by atoms with E-state index in [0.29, 0.717) is 17.3 Å². The van der Waals surface area contributed by atoms with Gasteiger partial charge < -0.3 is 0 Å². The molecule has 0 aromatic heterocycles. The number of unbranched alkanes of at least 4 members (excludes halogenated alkanes) is 1. The van der Waals surface area contributed by atoms with Gasteiger partial charge in [-0.15, -0.1) is 0 Å². The van der Waals surface area contributed by atoms with Gasteiger partial charge in [0.25, 0.3) is 0 Å². The van der Waals surface area contributed by atoms with Crippen molar-refractivity contribution in [3.63, 3.8) is 0 Å². The van der Waals surface area contributed by atoms with Gasteiger partial charge in [-0.3, -0.25) is 0 Å². The fourth-order valence-corrected chi connectivity index (χ4v) is 3.38. The molecule has 0 radical (unpaired) electrons. The Kier molecular flexibility index (Phi) is 6.17. The molecular formula is C13H17ClN2OS. The molecule has 98 valence electrons. The van der Waals surface area contributed by atoms with Crippen molar-refractivity contribution in [2.75, 3.05) is 12.3 Å². The number of hydrogen-bond donors (Lipinski definition) is 0. The van der Waals surface area contributed by atoms with Crippen molar-refractivity contribution in [1.29, 1.82) is 5.26 Å². The second kappa shape index (κ2) is 7.40. The quantitative estimate of drug-likeness (QED) is 0.749. The maximum absolute atomic E-state index is 12.5. The zero-order valence-corrected chi connectivity index (χ0v) is 12.0. The standard InChI is InChI=1S/C13H17ClN2OS/c1-2-3-8-16-18(17,9-7-15)11-12-5-4-6-13(14)10-12/h4-6,10H,2-3,8-9,11H2,1H3. The average molecular weight is 285 g/mol. The molecule has 1 aromatic rings. The highest BCUT2D eigenvalue weighted by Crippen LogP contribution is 2.15. The molecule has 0 saturated carbocycles. The Balaban J connectivity index is 2.90. The molecule has 0 N–H and O–H groups in total. The van der Waals surface area contributed by atoms with Crippen LogP contribution in [0.25, 0.3) is 0 Å². The van der Waals surface area contributed by atoms with E-state index in [0.717, 1.165) is 18.4 Å². The number of halogens is 1. The number of rotatable bonds is 6. The third kappa shape index (κ3) is 5.07. The van der Waals surface area contributed by atoms with E-state index in [4.69, 9.17) is 16.9 Å². The van der Waals surface area contributed by atoms with Crippen LogP contribution < -0.4 is 0 Å². The monoisotopic (exact) mass is 284 g/mol. The molecule has 0 bridgehead atoms. The Morgan fingerprint density at radius 2 is 2.28 bits per heavy atom. The molecular weight excluding hydrogens is 268 g/mol. The van der Waals surface area contributed by atoms with Crippen LogP contribution in [-0.2, 0) is 15.5 Å². The van der Waals surface area contributed by atoms with Gasteiger partial charge in [0.2, 0.25) is 0 Å². The van der Waals surface area contributed by atoms with Crippen molar-refractivity contribution in [3.8, 4) is 6.07 Å². The predicted molar refractivity (Wildman–Crippen MR) is 76.0 cm³/mol. The summed E-state index contributed by atoms with van der Waals surface area (Å²) in [5, 5.41) is 9.39. The summed E-state index contributed by atoms with van der Waals surface area (Å²) in [4.78, 5) is 0. The molecule has 3 nitrogen and oxygen atoms in total. The molecule has 5 heteroatoms. The summed E-state index contributed by atoms with van der Waals surface area (Å²) in [7, 11) is -2.48. The zero-order valence-electron chi connectivity index (χ0n) is 10.4. The molecule has 1 rings (SSSR count). The largest absolute Gasteiger partial charge is 0.248 e. The van der Waals surface area contributed by atoms with Crippen molar-refractivity contribution >= 4 is 21.3 Å². The van der Waals surface area contributed by atoms with Crippen LogP contribution in [0.5, 0.6) is 0 Å². The summed E-state index contributed by atoms with van der Waals surface area (Å²) in [5.41, 5.74) is 0.864. The lowest BCUT2D eigenvalue weighted by atomic mass is 10.2. The van der Waals surface area contributed by atoms with E-state index in [1.807, 2.05) is 18.2 Å². The van der Waals surface area contributed by atoms with Crippen LogP contribution in [0.2, 0.25) is 5.02 Å². The molecule has 0 aliphatic rings. The first-order chi connectivity index (χ1) is 8.59. The van der Waals surface area contributed by atoms with Gasteiger partial charge in [-0.05, 0) is 24.1 Å². The third-order valence-corrected chi connectivity index (χ3v) is 4.66. The van der Waals surface area contributed by atoms with Crippen molar-refractivity contribution in [3.05, 3.63) is 34.9 Å². The average Bonchev–Trinajstić information content (AvgIpc) is 2.29. The molecule has 0 aliphatic heterocycles. The van der Waals surface area contributed by atoms with Crippen molar-refractivity contribution < 1.29 is 4.21 Å². The van der Waals surface area contributed by atoms with Gasteiger partial charge in [0.05, 0.1) is 21.6 Å². The molecule has 0 amide bonds. The van der Waals surface area contributed by atoms with Crippen LogP contribution in [0, 0.1) is 11.3 Å². The van der Waals surface area contributed by atoms with Gasteiger partial charge in [-0.25, -0.2) is 8.57 Å². The topological polar surface area (TPSA) is 53.2 Å². The van der Waals surface area contributed by atoms with Crippen LogP contribution in [-0.4, -0.2) is 16.5 Å². The van der Waals surface area contributed by atoms with E-state index >= 15 is 0 Å². The Labute approximate surface area is 114 Å². The highest BCUT2D eigenvalue weighted by atomic mass is 35.5. The maximum Gasteiger partial charge on any atom is 0.119 e. The van der Waals surface area contributed by atoms with E-state index in [9.17, 15) is 4.21 Å². The van der Waals surface area contributed by atoms with Crippen LogP contribution in [0.1, 0.15) is 25.3 Å². The minimum Gasteiger partial charge on any atom is -0.248 e. The second-order valence-electron chi connectivity index (χ2n) is 4.06. The summed E-state index contributed by atoms with van der Waals surface area (Å²) < 4.78 is 16.7. The maximum atomic E-state index is 12.5. The highest BCUT2D eigenvalue weighted by Gasteiger charge is 2.10. The van der Waals surface area contributed by atoms with Gasteiger partial charge in [0.15, 0.2) is 0 Å². The first kappa shape index (κ1) is 15.0. The fraction of sp³-hybridized carbons (Fsp3) is 0.462. The Hall–Kier alpha value is -1.05. The van der Waals surface area contributed by atoms with Crippen LogP contribution in [0.4, 0.5) is 0 Å². The van der Waals surface area contributed by atoms with Gasteiger partial charge in [-0.1, -0.05) is 37.1 Å². The first-order valence-corrected chi connectivity index (χ1v) is 8.12. The van der Waals surface area contributed by atoms with Gasteiger partial charge in [0.1, 0.15) is 5.75 Å². The molecule has 1 unspecified atom stereocenters. The lowest BCUT2D eigenvalue weighted by molar-refractivity contribution is 0.674. The number of benzene rings is 1. The molecule has 0 heterocycles. The van der Waals surface area contributed by atoms with E-state index in [2.05, 4.69) is 11.3 Å². The summed E-state index contributed by atoms with van der Waals surface area (Å²) >= 11 is 5.89. The van der Waals surface area contributed by atoms with Crippen LogP contribution in [0.15, 0.2) is 28.6 Å². The number of hydrogen-bond acceptors (Lipinski definition) is 3. The van der Waals surface area contributed by atoms with Crippen molar-refractivity contribution in [1.82, 2.24) is 0 Å². The Morgan fingerprint density at radius 1 is 1.50 bits per heavy atom. The lowest BCUT2D eigenvalue weighted by Crippen LogP contribution is -2.09. The minimum atomic E-state index is -2.48. The normalized spacial score (nSPS) is 13.6. The Bertz CT molecular complexity index is 542. The molecule has 0 fully saturated rings. The van der Waals surface area contributed by atoms with Crippen molar-refractivity contribution in [2.45, 2.75) is 25.5 Å². The van der Waals surface area contributed by atoms with Gasteiger partial charge in [0, 0.05) is 11.6 Å². The summed E-state index contributed by atoms with van der Waals surface area (Å²) in [6, 6.07) is 9.18. The smallest absolute Gasteiger partial charge is 0.119 e. The van der Waals surface area contributed by atoms with Gasteiger partial charge in [-0.2, -0.15) is 5.26 Å². The molecule has 0 spiro atoms. The second-order valence-corrected chi connectivity index (χ2v) is 6.87. The van der Waals surface area contributed by atoms with E-state index < -0.39 is 9.73 Å². The molecule has 18 heavy (non-hydrogen) atoms. The molecule has 1 atom stereocenters. The van der Waals surface area contributed by atoms with E-state index in [-0.39, 0.29) is 5.75 Å². The van der Waals surface area contributed by atoms with Crippen molar-refractivity contribution in [2.24, 2.45) is 4.36 Å². The molecule has 0 saturated heterocycles. The fourth-order valence-electron chi connectivity index (χ4n) is 1.52. The third-order valence-electron chi connectivity index (χ3n) is 2.41. The summed E-state index contributed by atoms with van der Waals surface area (Å²) in [6.45, 7) is 2.61. The zero-order chi connectivity index (χ0) is 13.4. The van der Waals surface area contributed by atoms with Crippen LogP contribution in [0.3, 0.4) is 0 Å². The molecule has 1 aromatic carbocycles. The van der Waals surface area contributed by atoms with Crippen LogP contribution >= 0.6 is 11.6 Å². The van der Waals surface area contributed by atoms with E-state index in [1.54, 1.807) is 12.1 Å². The number of nitriles is 1. The van der Waals surface area contributed by atoms with E-state index in [1.165, 1.54) is 0 Å². The SMILES string of the molecule is CCCCN=S(=O)(CC#N)Cc1cccc(Cl)c1. The Morgan fingerprint density at radius 3 is 2.89 bits per heavy atom. The first-order valence-electron chi connectivity index (χ1n) is 5.89. The molecule has 0 aliphatic carbocycles. The summed E-state index contributed by atoms with van der Waals surface area (Å²) in [6.07, 6.45) is 1.90. The highest BCUT2D eigenvalue weighted by molar-refractivity contribution is 7.93. The predicted octanol–water partition coefficient (Wildman–Crippen LogP) is 3.63. The van der Waals surface area contributed by atoms with Gasteiger partial charge >= 0.3 is 0 Å². The minimum absolute atomic E-state index is 0.0246.